The van der Waals surface area contributed by atoms with E-state index < -0.39 is 0 Å². The number of hydrogen-bond donors (Lipinski definition) is 0. The van der Waals surface area contributed by atoms with E-state index >= 15 is 0 Å². The first-order valence-electron chi connectivity index (χ1n) is 10.6. The van der Waals surface area contributed by atoms with Gasteiger partial charge in [-0.05, 0) is 22.8 Å². The summed E-state index contributed by atoms with van der Waals surface area (Å²) >= 11 is 0. The zero-order valence-electron chi connectivity index (χ0n) is 17.5. The van der Waals surface area contributed by atoms with Crippen LogP contribution >= 0.6 is 0 Å². The van der Waals surface area contributed by atoms with Crippen molar-refractivity contribution >= 4 is 5.91 Å². The van der Waals surface area contributed by atoms with Crippen LogP contribution in [-0.2, 0) is 34.0 Å². The van der Waals surface area contributed by atoms with Gasteiger partial charge in [0, 0.05) is 12.6 Å². The van der Waals surface area contributed by atoms with Crippen LogP contribution in [0.25, 0.3) is 0 Å². The van der Waals surface area contributed by atoms with Gasteiger partial charge in [-0.2, -0.15) is 0 Å². The van der Waals surface area contributed by atoms with Gasteiger partial charge in [0.05, 0.1) is 32.0 Å². The van der Waals surface area contributed by atoms with Gasteiger partial charge < -0.3 is 14.4 Å². The molecule has 158 valence electrons. The first-order chi connectivity index (χ1) is 15.3. The summed E-state index contributed by atoms with van der Waals surface area (Å²) in [7, 11) is 0. The molecule has 0 bridgehead atoms. The van der Waals surface area contributed by atoms with Crippen LogP contribution in [0.1, 0.15) is 16.7 Å². The molecule has 3 aromatic rings. The normalized spacial score (nSPS) is 18.3. The highest BCUT2D eigenvalue weighted by Crippen LogP contribution is 2.21. The smallest absolute Gasteiger partial charge is 0.247 e. The fourth-order valence-electron chi connectivity index (χ4n) is 3.71. The molecule has 0 radical (unpaired) electrons. The molecule has 1 aliphatic heterocycles. The molecule has 0 saturated carbocycles. The Labute approximate surface area is 183 Å². The average Bonchev–Trinajstić information content (AvgIpc) is 2.82. The molecule has 3 aromatic carbocycles. The third-order valence-corrected chi connectivity index (χ3v) is 5.37. The van der Waals surface area contributed by atoms with Crippen LogP contribution in [0.3, 0.4) is 0 Å². The summed E-state index contributed by atoms with van der Waals surface area (Å²) in [4.78, 5) is 14.6. The van der Waals surface area contributed by atoms with Crippen molar-refractivity contribution in [3.63, 3.8) is 0 Å². The van der Waals surface area contributed by atoms with E-state index in [0.29, 0.717) is 26.4 Å². The van der Waals surface area contributed by atoms with Crippen molar-refractivity contribution < 1.29 is 14.3 Å². The van der Waals surface area contributed by atoms with Crippen LogP contribution in [0.5, 0.6) is 0 Å². The van der Waals surface area contributed by atoms with E-state index in [9.17, 15) is 4.79 Å². The van der Waals surface area contributed by atoms with Crippen molar-refractivity contribution in [2.45, 2.75) is 31.9 Å². The minimum Gasteiger partial charge on any atom is -0.375 e. The van der Waals surface area contributed by atoms with Crippen molar-refractivity contribution in [3.8, 4) is 0 Å². The number of carbonyl (C=O) groups excluding carboxylic acids is 1. The van der Waals surface area contributed by atoms with Crippen LogP contribution < -0.4 is 0 Å². The van der Waals surface area contributed by atoms with Gasteiger partial charge in [-0.15, -0.1) is 0 Å². The third kappa shape index (κ3) is 5.91. The summed E-state index contributed by atoms with van der Waals surface area (Å²) in [5, 5.41) is 0. The van der Waals surface area contributed by atoms with E-state index in [1.807, 2.05) is 102 Å². The lowest BCUT2D eigenvalue weighted by Gasteiger charge is -2.38. The fraction of sp³-hybridized carbons (Fsp3) is 0.222. The van der Waals surface area contributed by atoms with Gasteiger partial charge in [0.15, 0.2) is 0 Å². The number of ether oxygens (including phenoxy) is 2. The molecule has 2 atom stereocenters. The van der Waals surface area contributed by atoms with Gasteiger partial charge in [0.1, 0.15) is 0 Å². The maximum atomic E-state index is 12.8. The van der Waals surface area contributed by atoms with Crippen LogP contribution in [0.4, 0.5) is 0 Å². The predicted octanol–water partition coefficient (Wildman–Crippen LogP) is 4.76. The third-order valence-electron chi connectivity index (χ3n) is 5.37. The summed E-state index contributed by atoms with van der Waals surface area (Å²) in [5.41, 5.74) is 3.30. The van der Waals surface area contributed by atoms with Crippen molar-refractivity contribution in [2.24, 2.45) is 0 Å². The Hall–Kier alpha value is -3.21. The van der Waals surface area contributed by atoms with E-state index in [1.54, 1.807) is 6.08 Å². The maximum absolute atomic E-state index is 12.8. The Morgan fingerprint density at radius 1 is 0.710 bits per heavy atom. The Morgan fingerprint density at radius 2 is 1.26 bits per heavy atom. The van der Waals surface area contributed by atoms with E-state index in [1.165, 1.54) is 0 Å². The average molecular weight is 414 g/mol. The quantitative estimate of drug-likeness (QED) is 0.508. The minimum absolute atomic E-state index is 0.0169. The molecular formula is C27H27NO3. The van der Waals surface area contributed by atoms with Crippen molar-refractivity contribution in [2.75, 3.05) is 6.61 Å². The highest BCUT2D eigenvalue weighted by molar-refractivity contribution is 5.89. The van der Waals surface area contributed by atoms with Gasteiger partial charge >= 0.3 is 0 Å². The zero-order valence-corrected chi connectivity index (χ0v) is 17.5. The maximum Gasteiger partial charge on any atom is 0.247 e. The van der Waals surface area contributed by atoms with E-state index in [2.05, 4.69) is 0 Å². The Kier molecular flexibility index (Phi) is 7.27. The molecule has 31 heavy (non-hydrogen) atoms. The molecule has 0 saturated heterocycles. The molecule has 0 aromatic heterocycles. The molecule has 4 nitrogen and oxygen atoms in total. The number of carbonyl (C=O) groups is 1. The molecule has 0 fully saturated rings. The van der Waals surface area contributed by atoms with Crippen molar-refractivity contribution in [1.82, 2.24) is 4.90 Å². The van der Waals surface area contributed by atoms with Gasteiger partial charge in [-0.1, -0.05) is 91.0 Å². The summed E-state index contributed by atoms with van der Waals surface area (Å²) in [6.45, 7) is 1.91. The van der Waals surface area contributed by atoms with Crippen LogP contribution in [0, 0.1) is 0 Å². The monoisotopic (exact) mass is 413 g/mol. The number of benzene rings is 3. The first kappa shape index (κ1) is 21.0. The number of hydrogen-bond acceptors (Lipinski definition) is 3. The minimum atomic E-state index is -0.239. The number of rotatable bonds is 9. The molecule has 0 aliphatic carbocycles. The van der Waals surface area contributed by atoms with Crippen molar-refractivity contribution in [3.05, 3.63) is 120 Å². The number of nitrogens with zero attached hydrogens (tertiary/aromatic N) is 1. The first-order valence-corrected chi connectivity index (χ1v) is 10.6. The van der Waals surface area contributed by atoms with Gasteiger partial charge in [-0.25, -0.2) is 0 Å². The molecule has 4 rings (SSSR count). The lowest BCUT2D eigenvalue weighted by atomic mass is 10.0. The van der Waals surface area contributed by atoms with E-state index in [-0.39, 0.29) is 18.1 Å². The summed E-state index contributed by atoms with van der Waals surface area (Å²) in [5.74, 6) is -0.0169. The van der Waals surface area contributed by atoms with Crippen molar-refractivity contribution in [1.29, 1.82) is 0 Å². The molecule has 1 heterocycles. The standard InChI is InChI=1S/C27H27NO3/c29-27-17-16-26(31-20-24-14-8-3-9-15-24)25(21-30-19-23-12-6-2-7-13-23)28(27)18-22-10-4-1-5-11-22/h1-17,25-26H,18-21H2/t25?,26-/m0/s1. The zero-order chi connectivity index (χ0) is 21.3. The molecule has 1 amide bonds. The Morgan fingerprint density at radius 3 is 1.87 bits per heavy atom. The largest absolute Gasteiger partial charge is 0.375 e. The highest BCUT2D eigenvalue weighted by atomic mass is 16.5. The lowest BCUT2D eigenvalue weighted by Crippen LogP contribution is -2.51. The van der Waals surface area contributed by atoms with Crippen LogP contribution in [0.15, 0.2) is 103 Å². The molecular weight excluding hydrogens is 386 g/mol. The molecule has 0 spiro atoms. The lowest BCUT2D eigenvalue weighted by molar-refractivity contribution is -0.137. The summed E-state index contributed by atoms with van der Waals surface area (Å²) < 4.78 is 12.3. The highest BCUT2D eigenvalue weighted by Gasteiger charge is 2.33. The second-order valence-electron chi connectivity index (χ2n) is 7.64. The SMILES string of the molecule is O=C1C=C[C@H](OCc2ccccc2)C(COCc2ccccc2)N1Cc1ccccc1. The van der Waals surface area contributed by atoms with Gasteiger partial charge in [-0.3, -0.25) is 4.79 Å². The summed E-state index contributed by atoms with van der Waals surface area (Å²) in [6, 6.07) is 30.0. The van der Waals surface area contributed by atoms with Gasteiger partial charge in [0.2, 0.25) is 5.91 Å². The summed E-state index contributed by atoms with van der Waals surface area (Å²) in [6.07, 6.45) is 3.24. The molecule has 4 heteroatoms. The Bertz CT molecular complexity index is 973. The van der Waals surface area contributed by atoms with Crippen LogP contribution in [0.2, 0.25) is 0 Å². The van der Waals surface area contributed by atoms with E-state index in [0.717, 1.165) is 16.7 Å². The second-order valence-corrected chi connectivity index (χ2v) is 7.64. The molecule has 1 aliphatic rings. The predicted molar refractivity (Wildman–Crippen MR) is 121 cm³/mol. The molecule has 0 N–H and O–H groups in total. The van der Waals surface area contributed by atoms with E-state index in [4.69, 9.17) is 9.47 Å². The van der Waals surface area contributed by atoms with Crippen LogP contribution in [-0.4, -0.2) is 29.6 Å². The number of amides is 1. The second kappa shape index (κ2) is 10.7. The van der Waals surface area contributed by atoms with Gasteiger partial charge in [0.25, 0.3) is 0 Å². The Balaban J connectivity index is 1.48. The topological polar surface area (TPSA) is 38.8 Å². The fourth-order valence-corrected chi connectivity index (χ4v) is 3.71. The molecule has 1 unspecified atom stereocenters.